The highest BCUT2D eigenvalue weighted by atomic mass is 27.0. The van der Waals surface area contributed by atoms with Gasteiger partial charge in [0.25, 0.3) is 0 Å². The van der Waals surface area contributed by atoms with Crippen molar-refractivity contribution in [1.82, 2.24) is 9.97 Å². The first-order valence-electron chi connectivity index (χ1n) is 11.1. The van der Waals surface area contributed by atoms with E-state index in [2.05, 4.69) is 42.5 Å². The van der Waals surface area contributed by atoms with Crippen LogP contribution in [-0.2, 0) is 0 Å². The van der Waals surface area contributed by atoms with Gasteiger partial charge in [-0.3, -0.25) is 9.97 Å². The Hall–Kier alpha value is -3.71. The first kappa shape index (κ1) is 22.1. The molecule has 161 valence electrons. The molecule has 0 saturated heterocycles. The van der Waals surface area contributed by atoms with Gasteiger partial charge >= 0.3 is 0 Å². The van der Waals surface area contributed by atoms with Crippen LogP contribution in [0.3, 0.4) is 0 Å². The fourth-order valence-electron chi connectivity index (χ4n) is 4.72. The highest BCUT2D eigenvalue weighted by molar-refractivity contribution is 6.10. The van der Waals surface area contributed by atoms with Crippen molar-refractivity contribution in [3.05, 3.63) is 102 Å². The smallest absolute Gasteiger partial charge is 0.131 e. The maximum atomic E-state index is 11.7. The topological polar surface area (TPSA) is 46.0 Å². The summed E-state index contributed by atoms with van der Waals surface area (Å²) in [5.74, 6) is 0.267. The van der Waals surface area contributed by atoms with E-state index in [4.69, 9.17) is 9.97 Å². The van der Waals surface area contributed by atoms with Crippen molar-refractivity contribution >= 4 is 49.9 Å². The molecule has 0 spiro atoms. The number of hydrogen-bond donors (Lipinski definition) is 1. The molecule has 0 atom stereocenters. The molecule has 3 nitrogen and oxygen atoms in total. The molecule has 2 heterocycles. The maximum Gasteiger partial charge on any atom is 0.131 e. The number of hydrogen-bond acceptors (Lipinski definition) is 3. The van der Waals surface area contributed by atoms with E-state index in [1.54, 1.807) is 0 Å². The van der Waals surface area contributed by atoms with Crippen LogP contribution in [0.25, 0.3) is 54.8 Å². The van der Waals surface area contributed by atoms with E-state index in [0.717, 1.165) is 66.2 Å². The predicted octanol–water partition coefficient (Wildman–Crippen LogP) is 7.21. The van der Waals surface area contributed by atoms with Crippen LogP contribution in [0.2, 0.25) is 0 Å². The van der Waals surface area contributed by atoms with Gasteiger partial charge in [-0.1, -0.05) is 72.8 Å². The van der Waals surface area contributed by atoms with E-state index in [1.807, 2.05) is 62.4 Å². The van der Waals surface area contributed by atoms with Crippen LogP contribution in [0.5, 0.6) is 5.75 Å². The molecule has 4 aromatic carbocycles. The summed E-state index contributed by atoms with van der Waals surface area (Å²) in [4.78, 5) is 9.73. The molecule has 0 aliphatic heterocycles. The van der Waals surface area contributed by atoms with E-state index >= 15 is 0 Å². The zero-order chi connectivity index (χ0) is 22.5. The number of benzene rings is 4. The number of nitrogens with zero attached hydrogens (tertiary/aromatic N) is 2. The first-order valence-corrected chi connectivity index (χ1v) is 11.1. The Morgan fingerprint density at radius 2 is 1.12 bits per heavy atom. The summed E-state index contributed by atoms with van der Waals surface area (Å²) in [6.45, 7) is 4.00. The molecular weight excluding hydrogens is 431 g/mol. The van der Waals surface area contributed by atoms with Gasteiger partial charge in [0.05, 0.1) is 11.0 Å². The maximum absolute atomic E-state index is 11.7. The largest absolute Gasteiger partial charge is 0.507 e. The van der Waals surface area contributed by atoms with E-state index in [9.17, 15) is 5.11 Å². The number of pyridine rings is 2. The molecule has 6 rings (SSSR count). The van der Waals surface area contributed by atoms with Crippen molar-refractivity contribution < 1.29 is 5.11 Å². The van der Waals surface area contributed by atoms with Gasteiger partial charge in [-0.15, -0.1) is 0 Å². The minimum Gasteiger partial charge on any atom is -0.507 e. The second-order valence-electron chi connectivity index (χ2n) is 8.53. The zero-order valence-corrected chi connectivity index (χ0v) is 20.2. The van der Waals surface area contributed by atoms with Gasteiger partial charge in [0.1, 0.15) is 5.75 Å². The minimum atomic E-state index is 0. The highest BCUT2D eigenvalue weighted by Crippen LogP contribution is 2.46. The SMILES string of the molecule is Cc1ccc2cccc(-c3cc4ccccc4c(O)c3-c3cccc4ccc(C)nc34)c2n1.[Al]. The molecule has 0 fully saturated rings. The average Bonchev–Trinajstić information content (AvgIpc) is 2.83. The summed E-state index contributed by atoms with van der Waals surface area (Å²) in [6.07, 6.45) is 0. The first-order chi connectivity index (χ1) is 16.1. The number of phenolic OH excluding ortho intramolecular Hbond substituents is 1. The quantitative estimate of drug-likeness (QED) is 0.282. The minimum absolute atomic E-state index is 0. The van der Waals surface area contributed by atoms with Crippen molar-refractivity contribution in [2.75, 3.05) is 0 Å². The lowest BCUT2D eigenvalue weighted by atomic mass is 9.88. The molecular formula is C30H22AlN2O. The van der Waals surface area contributed by atoms with Crippen LogP contribution >= 0.6 is 0 Å². The summed E-state index contributed by atoms with van der Waals surface area (Å²) in [5.41, 5.74) is 7.37. The molecule has 0 amide bonds. The fourth-order valence-corrected chi connectivity index (χ4v) is 4.72. The number of aromatic hydroxyl groups is 1. The second kappa shape index (κ2) is 8.57. The van der Waals surface area contributed by atoms with Crippen molar-refractivity contribution in [3.8, 4) is 28.0 Å². The van der Waals surface area contributed by atoms with Crippen LogP contribution < -0.4 is 0 Å². The number of phenols is 1. The van der Waals surface area contributed by atoms with Crippen LogP contribution in [0, 0.1) is 13.8 Å². The van der Waals surface area contributed by atoms with Crippen molar-refractivity contribution in [2.24, 2.45) is 0 Å². The van der Waals surface area contributed by atoms with Crippen molar-refractivity contribution in [1.29, 1.82) is 0 Å². The molecule has 1 N–H and O–H groups in total. The number of para-hydroxylation sites is 2. The molecule has 4 heteroatoms. The van der Waals surface area contributed by atoms with Crippen molar-refractivity contribution in [2.45, 2.75) is 13.8 Å². The number of aromatic nitrogens is 2. The zero-order valence-electron chi connectivity index (χ0n) is 19.1. The number of rotatable bonds is 2. The Morgan fingerprint density at radius 1 is 0.559 bits per heavy atom. The van der Waals surface area contributed by atoms with Crippen LogP contribution in [-0.4, -0.2) is 32.4 Å². The second-order valence-corrected chi connectivity index (χ2v) is 8.53. The normalized spacial score (nSPS) is 11.1. The van der Waals surface area contributed by atoms with Gasteiger partial charge in [-0.25, -0.2) is 0 Å². The fraction of sp³-hybridized carbons (Fsp3) is 0.0667. The third-order valence-electron chi connectivity index (χ3n) is 6.30. The van der Waals surface area contributed by atoms with Gasteiger partial charge in [0.15, 0.2) is 0 Å². The molecule has 0 unspecified atom stereocenters. The van der Waals surface area contributed by atoms with Gasteiger partial charge in [-0.05, 0) is 43.0 Å². The van der Waals surface area contributed by atoms with E-state index < -0.39 is 0 Å². The standard InChI is InChI=1S/C30H22N2O.Al/c1-18-13-15-20-8-5-11-24(28(20)31-18)26-17-22-7-3-4-10-23(22)30(33)27(26)25-12-6-9-21-16-14-19(2)32-29(21)25;/h3-17,33H,1-2H3;. The average molecular weight is 454 g/mol. The van der Waals surface area contributed by atoms with E-state index in [0.29, 0.717) is 0 Å². The summed E-state index contributed by atoms with van der Waals surface area (Å²) < 4.78 is 0. The molecule has 34 heavy (non-hydrogen) atoms. The molecule has 0 aliphatic carbocycles. The van der Waals surface area contributed by atoms with Crippen molar-refractivity contribution in [3.63, 3.8) is 0 Å². The van der Waals surface area contributed by atoms with E-state index in [1.165, 1.54) is 0 Å². The molecule has 0 aliphatic rings. The summed E-state index contributed by atoms with van der Waals surface area (Å²) >= 11 is 0. The third kappa shape index (κ3) is 3.53. The Morgan fingerprint density at radius 3 is 1.79 bits per heavy atom. The van der Waals surface area contributed by atoms with Crippen LogP contribution in [0.1, 0.15) is 11.4 Å². The van der Waals surface area contributed by atoms with E-state index in [-0.39, 0.29) is 23.1 Å². The highest BCUT2D eigenvalue weighted by Gasteiger charge is 2.20. The third-order valence-corrected chi connectivity index (χ3v) is 6.30. The summed E-state index contributed by atoms with van der Waals surface area (Å²) in [7, 11) is 0. The molecule has 0 bridgehead atoms. The Labute approximate surface area is 208 Å². The predicted molar refractivity (Wildman–Crippen MR) is 142 cm³/mol. The molecule has 3 radical (unpaired) electrons. The molecule has 2 aromatic heterocycles. The lowest BCUT2D eigenvalue weighted by molar-refractivity contribution is 0.484. The Kier molecular flexibility index (Phi) is 5.57. The molecule has 0 saturated carbocycles. The summed E-state index contributed by atoms with van der Waals surface area (Å²) in [6, 6.07) is 30.7. The van der Waals surface area contributed by atoms with Crippen LogP contribution in [0.4, 0.5) is 0 Å². The lowest BCUT2D eigenvalue weighted by Gasteiger charge is -2.18. The van der Waals surface area contributed by atoms with Crippen LogP contribution in [0.15, 0.2) is 91.0 Å². The van der Waals surface area contributed by atoms with Gasteiger partial charge in [0, 0.05) is 61.6 Å². The van der Waals surface area contributed by atoms with Gasteiger partial charge in [-0.2, -0.15) is 0 Å². The van der Waals surface area contributed by atoms with Gasteiger partial charge in [0.2, 0.25) is 0 Å². The number of aryl methyl sites for hydroxylation is 2. The van der Waals surface area contributed by atoms with Gasteiger partial charge < -0.3 is 5.11 Å². The Balaban J connectivity index is 0.00000241. The molecule has 6 aromatic rings. The summed E-state index contributed by atoms with van der Waals surface area (Å²) in [5, 5.41) is 15.6. The number of fused-ring (bicyclic) bond motifs is 3. The monoisotopic (exact) mass is 453 g/mol. The Bertz CT molecular complexity index is 1710. The lowest BCUT2D eigenvalue weighted by Crippen LogP contribution is -1.94.